The third-order valence-corrected chi connectivity index (χ3v) is 5.36. The number of nitrogens with one attached hydrogen (secondary N) is 1. The van der Waals surface area contributed by atoms with Crippen molar-refractivity contribution >= 4 is 21.6 Å². The van der Waals surface area contributed by atoms with Crippen molar-refractivity contribution in [2.45, 2.75) is 43.3 Å². The molecule has 0 aromatic heterocycles. The topological polar surface area (TPSA) is 32.3 Å². The van der Waals surface area contributed by atoms with Crippen molar-refractivity contribution in [3.05, 3.63) is 64.1 Å². The molecule has 0 spiro atoms. The van der Waals surface area contributed by atoms with E-state index >= 15 is 0 Å². The summed E-state index contributed by atoms with van der Waals surface area (Å²) in [5.74, 6) is 0.189. The maximum Gasteiger partial charge on any atom is 0.415 e. The van der Waals surface area contributed by atoms with Crippen molar-refractivity contribution in [1.29, 1.82) is 0 Å². The van der Waals surface area contributed by atoms with E-state index in [1.165, 1.54) is 0 Å². The van der Waals surface area contributed by atoms with Gasteiger partial charge in [-0.05, 0) is 67.0 Å². The molecule has 2 N–H and O–H groups in total. The summed E-state index contributed by atoms with van der Waals surface area (Å²) < 4.78 is 44.2. The molecule has 0 saturated heterocycles. The third-order valence-electron chi connectivity index (χ3n) is 4.83. The fourth-order valence-corrected chi connectivity index (χ4v) is 3.65. The molecule has 2 aromatic rings. The second kappa shape index (κ2) is 7.61. The molecule has 1 saturated carbocycles. The van der Waals surface area contributed by atoms with E-state index in [9.17, 15) is 18.3 Å². The number of rotatable bonds is 7. The molecule has 1 unspecified atom stereocenters. The van der Waals surface area contributed by atoms with Gasteiger partial charge >= 0.3 is 6.18 Å². The van der Waals surface area contributed by atoms with Crippen molar-refractivity contribution < 1.29 is 18.3 Å². The maximum atomic E-state index is 14.5. The lowest BCUT2D eigenvalue weighted by Gasteiger charge is -2.39. The number of hydrogen-bond acceptors (Lipinski definition) is 2. The summed E-state index contributed by atoms with van der Waals surface area (Å²) >= 11 is 3.31. The first-order valence-electron chi connectivity index (χ1n) is 8.68. The van der Waals surface area contributed by atoms with E-state index in [1.807, 2.05) is 0 Å². The number of alkyl halides is 3. The Morgan fingerprint density at radius 1 is 1.04 bits per heavy atom. The highest BCUT2D eigenvalue weighted by molar-refractivity contribution is 9.10. The lowest BCUT2D eigenvalue weighted by Crippen LogP contribution is -2.49. The standard InChI is InChI=1S/C20H21BrF3NO/c21-15-8-10-16(11-9-15)25-19(12-3-13-26,20(22,23)24)18-5-2-1-4-17(18)14-6-7-14/h1-2,4-5,8-11,14,25-26H,3,6-7,12-13H2. The van der Waals surface area contributed by atoms with Gasteiger partial charge in [0.25, 0.3) is 0 Å². The van der Waals surface area contributed by atoms with E-state index in [0.29, 0.717) is 5.69 Å². The Labute approximate surface area is 159 Å². The molecular formula is C20H21BrF3NO. The van der Waals surface area contributed by atoms with E-state index in [-0.39, 0.29) is 30.9 Å². The van der Waals surface area contributed by atoms with Crippen molar-refractivity contribution in [2.24, 2.45) is 0 Å². The van der Waals surface area contributed by atoms with Gasteiger partial charge in [-0.3, -0.25) is 0 Å². The number of anilines is 1. The minimum atomic E-state index is -4.51. The van der Waals surface area contributed by atoms with Crippen LogP contribution in [0.1, 0.15) is 42.7 Å². The molecule has 0 radical (unpaired) electrons. The first kappa shape index (κ1) is 19.2. The van der Waals surface area contributed by atoms with Crippen LogP contribution in [0.15, 0.2) is 53.0 Å². The molecule has 1 atom stereocenters. The zero-order chi connectivity index (χ0) is 18.8. The quantitative estimate of drug-likeness (QED) is 0.570. The van der Waals surface area contributed by atoms with Gasteiger partial charge in [-0.1, -0.05) is 40.2 Å². The summed E-state index contributed by atoms with van der Waals surface area (Å²) in [4.78, 5) is 0. The van der Waals surface area contributed by atoms with Gasteiger partial charge in [0.1, 0.15) is 0 Å². The highest BCUT2D eigenvalue weighted by Crippen LogP contribution is 2.51. The minimum Gasteiger partial charge on any atom is -0.396 e. The van der Waals surface area contributed by atoms with Crippen LogP contribution in [0, 0.1) is 0 Å². The summed E-state index contributed by atoms with van der Waals surface area (Å²) in [5.41, 5.74) is -0.809. The molecule has 3 rings (SSSR count). The molecule has 2 nitrogen and oxygen atoms in total. The summed E-state index contributed by atoms with van der Waals surface area (Å²) in [5, 5.41) is 12.0. The maximum absolute atomic E-state index is 14.5. The molecule has 0 amide bonds. The molecule has 2 aromatic carbocycles. The van der Waals surface area contributed by atoms with Crippen molar-refractivity contribution in [1.82, 2.24) is 0 Å². The molecule has 26 heavy (non-hydrogen) atoms. The summed E-state index contributed by atoms with van der Waals surface area (Å²) in [7, 11) is 0. The summed E-state index contributed by atoms with van der Waals surface area (Å²) in [6, 6.07) is 13.5. The zero-order valence-corrected chi connectivity index (χ0v) is 15.8. The van der Waals surface area contributed by atoms with Gasteiger partial charge < -0.3 is 10.4 Å². The Balaban J connectivity index is 2.12. The Hall–Kier alpha value is -1.53. The van der Waals surface area contributed by atoms with Crippen LogP contribution in [0.4, 0.5) is 18.9 Å². The molecule has 0 heterocycles. The average molecular weight is 428 g/mol. The largest absolute Gasteiger partial charge is 0.415 e. The van der Waals surface area contributed by atoms with Gasteiger partial charge in [0.2, 0.25) is 0 Å². The highest BCUT2D eigenvalue weighted by atomic mass is 79.9. The van der Waals surface area contributed by atoms with Crippen molar-refractivity contribution in [2.75, 3.05) is 11.9 Å². The molecular weight excluding hydrogens is 407 g/mol. The molecule has 0 aliphatic heterocycles. The van der Waals surface area contributed by atoms with Gasteiger partial charge in [0.05, 0.1) is 0 Å². The van der Waals surface area contributed by atoms with Crippen LogP contribution in [0.2, 0.25) is 0 Å². The Bertz CT molecular complexity index is 743. The Morgan fingerprint density at radius 2 is 1.69 bits per heavy atom. The van der Waals surface area contributed by atoms with E-state index < -0.39 is 11.7 Å². The third kappa shape index (κ3) is 3.91. The minimum absolute atomic E-state index is 0.0576. The van der Waals surface area contributed by atoms with Crippen LogP contribution < -0.4 is 5.32 Å². The number of aliphatic hydroxyl groups excluding tert-OH is 1. The molecule has 6 heteroatoms. The fraction of sp³-hybridized carbons (Fsp3) is 0.400. The number of hydrogen-bond donors (Lipinski definition) is 2. The fourth-order valence-electron chi connectivity index (χ4n) is 3.39. The van der Waals surface area contributed by atoms with Crippen molar-refractivity contribution in [3.8, 4) is 0 Å². The molecule has 1 aliphatic rings. The van der Waals surface area contributed by atoms with E-state index in [0.717, 1.165) is 22.9 Å². The van der Waals surface area contributed by atoms with Crippen LogP contribution in [0.3, 0.4) is 0 Å². The van der Waals surface area contributed by atoms with E-state index in [4.69, 9.17) is 0 Å². The Morgan fingerprint density at radius 3 is 2.27 bits per heavy atom. The van der Waals surface area contributed by atoms with Crippen LogP contribution in [0.25, 0.3) is 0 Å². The number of aliphatic hydroxyl groups is 1. The van der Waals surface area contributed by atoms with Gasteiger partial charge in [-0.15, -0.1) is 0 Å². The first-order valence-corrected chi connectivity index (χ1v) is 9.47. The van der Waals surface area contributed by atoms with Crippen molar-refractivity contribution in [3.63, 3.8) is 0 Å². The molecule has 140 valence electrons. The second-order valence-electron chi connectivity index (χ2n) is 6.72. The van der Waals surface area contributed by atoms with Crippen LogP contribution in [0.5, 0.6) is 0 Å². The van der Waals surface area contributed by atoms with Gasteiger partial charge in [0.15, 0.2) is 5.54 Å². The average Bonchev–Trinajstić information content (AvgIpc) is 3.44. The monoisotopic (exact) mass is 427 g/mol. The predicted octanol–water partition coefficient (Wildman–Crippen LogP) is 5.97. The second-order valence-corrected chi connectivity index (χ2v) is 7.64. The number of halogens is 4. The highest BCUT2D eigenvalue weighted by Gasteiger charge is 2.57. The van der Waals surface area contributed by atoms with Gasteiger partial charge in [-0.2, -0.15) is 13.2 Å². The SMILES string of the molecule is OCCCC(Nc1ccc(Br)cc1)(c1ccccc1C1CC1)C(F)(F)F. The smallest absolute Gasteiger partial charge is 0.396 e. The zero-order valence-electron chi connectivity index (χ0n) is 14.2. The van der Waals surface area contributed by atoms with E-state index in [2.05, 4.69) is 21.2 Å². The summed E-state index contributed by atoms with van der Waals surface area (Å²) in [6.45, 7) is -0.286. The van der Waals surface area contributed by atoms with Crippen LogP contribution >= 0.6 is 15.9 Å². The Kier molecular flexibility index (Phi) is 5.63. The van der Waals surface area contributed by atoms with Crippen LogP contribution in [-0.4, -0.2) is 17.9 Å². The molecule has 1 aliphatic carbocycles. The number of benzene rings is 2. The predicted molar refractivity (Wildman–Crippen MR) is 100 cm³/mol. The normalized spacial score (nSPS) is 17.0. The lowest BCUT2D eigenvalue weighted by atomic mass is 9.80. The van der Waals surface area contributed by atoms with E-state index in [1.54, 1.807) is 48.5 Å². The van der Waals surface area contributed by atoms with Crippen LogP contribution in [-0.2, 0) is 5.54 Å². The van der Waals surface area contributed by atoms with Gasteiger partial charge in [-0.25, -0.2) is 0 Å². The lowest BCUT2D eigenvalue weighted by molar-refractivity contribution is -0.185. The molecule has 0 bridgehead atoms. The first-order chi connectivity index (χ1) is 12.4. The molecule has 1 fully saturated rings. The van der Waals surface area contributed by atoms with Gasteiger partial charge in [0, 0.05) is 16.8 Å². The summed E-state index contributed by atoms with van der Waals surface area (Å²) in [6.07, 6.45) is -2.85.